The first-order chi connectivity index (χ1) is 13.5. The third-order valence-corrected chi connectivity index (χ3v) is 6.79. The van der Waals surface area contributed by atoms with Crippen LogP contribution >= 0.6 is 0 Å². The normalized spacial score (nSPS) is 30.7. The molecule has 3 atom stereocenters. The molecule has 1 saturated carbocycles. The van der Waals surface area contributed by atoms with E-state index in [9.17, 15) is 14.4 Å². The molecule has 148 valence electrons. The van der Waals surface area contributed by atoms with Crippen LogP contribution in [0.3, 0.4) is 0 Å². The number of nitrogens with two attached hydrogens (primary N) is 1. The number of piperidine rings is 1. The number of fused-ring (bicyclic) bond motifs is 1. The largest absolute Gasteiger partial charge is 0.326 e. The SMILES string of the molecule is N[C@@H]1CN(Cc2cccc3c2CN(C2CCC(=O)NC2=O)C3=O)C[C@H]1C1CC1. The molecule has 3 aliphatic heterocycles. The van der Waals surface area contributed by atoms with Crippen LogP contribution in [0.2, 0.25) is 0 Å². The number of rotatable bonds is 4. The Morgan fingerprint density at radius 1 is 1.11 bits per heavy atom. The van der Waals surface area contributed by atoms with Crippen molar-refractivity contribution in [3.05, 3.63) is 34.9 Å². The Labute approximate surface area is 164 Å². The Balaban J connectivity index is 1.34. The van der Waals surface area contributed by atoms with Gasteiger partial charge < -0.3 is 10.6 Å². The van der Waals surface area contributed by atoms with Crippen LogP contribution in [0.5, 0.6) is 0 Å². The number of imide groups is 1. The smallest absolute Gasteiger partial charge is 0.255 e. The third-order valence-electron chi connectivity index (χ3n) is 6.79. The van der Waals surface area contributed by atoms with Gasteiger partial charge in [-0.05, 0) is 48.3 Å². The van der Waals surface area contributed by atoms with E-state index < -0.39 is 6.04 Å². The predicted octanol–water partition coefficient (Wildman–Crippen LogP) is 0.617. The van der Waals surface area contributed by atoms with Crippen LogP contribution in [0.15, 0.2) is 18.2 Å². The van der Waals surface area contributed by atoms with Crippen molar-refractivity contribution in [1.29, 1.82) is 0 Å². The summed E-state index contributed by atoms with van der Waals surface area (Å²) in [5.41, 5.74) is 9.21. The Kier molecular flexibility index (Phi) is 4.25. The molecule has 2 saturated heterocycles. The molecule has 0 bridgehead atoms. The van der Waals surface area contributed by atoms with Gasteiger partial charge in [0.05, 0.1) is 0 Å². The maximum absolute atomic E-state index is 12.9. The van der Waals surface area contributed by atoms with Gasteiger partial charge in [0.15, 0.2) is 0 Å². The number of carbonyl (C=O) groups excluding carboxylic acids is 3. The zero-order valence-electron chi connectivity index (χ0n) is 15.9. The highest BCUT2D eigenvalue weighted by Crippen LogP contribution is 2.41. The molecular weight excluding hydrogens is 356 g/mol. The molecule has 1 aliphatic carbocycles. The summed E-state index contributed by atoms with van der Waals surface area (Å²) in [6.45, 7) is 3.15. The van der Waals surface area contributed by atoms with Crippen molar-refractivity contribution in [3.8, 4) is 0 Å². The van der Waals surface area contributed by atoms with Gasteiger partial charge in [-0.1, -0.05) is 12.1 Å². The van der Waals surface area contributed by atoms with Gasteiger partial charge in [0.1, 0.15) is 6.04 Å². The summed E-state index contributed by atoms with van der Waals surface area (Å²) >= 11 is 0. The molecule has 3 amide bonds. The van der Waals surface area contributed by atoms with Crippen LogP contribution in [0.1, 0.15) is 47.2 Å². The minimum Gasteiger partial charge on any atom is -0.326 e. The number of amides is 3. The number of benzene rings is 1. The molecule has 1 aromatic rings. The highest BCUT2D eigenvalue weighted by atomic mass is 16.2. The lowest BCUT2D eigenvalue weighted by Crippen LogP contribution is -2.52. The van der Waals surface area contributed by atoms with Crippen molar-refractivity contribution in [2.24, 2.45) is 17.6 Å². The van der Waals surface area contributed by atoms with Crippen LogP contribution in [0.4, 0.5) is 0 Å². The second-order valence-corrected chi connectivity index (χ2v) is 8.70. The molecule has 0 spiro atoms. The molecule has 1 aromatic carbocycles. The first-order valence-electron chi connectivity index (χ1n) is 10.2. The molecule has 0 aromatic heterocycles. The first kappa shape index (κ1) is 17.8. The van der Waals surface area contributed by atoms with Crippen LogP contribution in [0, 0.1) is 11.8 Å². The monoisotopic (exact) mass is 382 g/mol. The number of hydrogen-bond donors (Lipinski definition) is 2. The molecule has 3 N–H and O–H groups in total. The molecule has 3 heterocycles. The summed E-state index contributed by atoms with van der Waals surface area (Å²) < 4.78 is 0. The maximum atomic E-state index is 12.9. The molecular formula is C21H26N4O3. The summed E-state index contributed by atoms with van der Waals surface area (Å²) in [5, 5.41) is 2.36. The van der Waals surface area contributed by atoms with Crippen LogP contribution in [-0.2, 0) is 22.7 Å². The average Bonchev–Trinajstić information content (AvgIpc) is 3.36. The van der Waals surface area contributed by atoms with Crippen molar-refractivity contribution in [1.82, 2.24) is 15.1 Å². The van der Waals surface area contributed by atoms with E-state index in [1.54, 1.807) is 4.90 Å². The van der Waals surface area contributed by atoms with E-state index in [1.807, 2.05) is 12.1 Å². The summed E-state index contributed by atoms with van der Waals surface area (Å²) in [7, 11) is 0. The van der Waals surface area contributed by atoms with Crippen molar-refractivity contribution in [2.75, 3.05) is 13.1 Å². The standard InChI is InChI=1S/C21H26N4O3/c22-17-11-24(9-16(17)12-4-5-12)8-13-2-1-3-14-15(13)10-25(21(14)28)18-6-7-19(26)23-20(18)27/h1-3,12,16-18H,4-11,22H2,(H,23,26,27)/t16-,17+,18?/m0/s1. The van der Waals surface area contributed by atoms with Gasteiger partial charge in [0.25, 0.3) is 5.91 Å². The Bertz CT molecular complexity index is 850. The second kappa shape index (κ2) is 6.67. The molecule has 7 heteroatoms. The highest BCUT2D eigenvalue weighted by molar-refractivity contribution is 6.05. The summed E-state index contributed by atoms with van der Waals surface area (Å²) in [6.07, 6.45) is 3.28. The Morgan fingerprint density at radius 3 is 2.68 bits per heavy atom. The van der Waals surface area contributed by atoms with Crippen molar-refractivity contribution in [3.63, 3.8) is 0 Å². The number of hydrogen-bond acceptors (Lipinski definition) is 5. The van der Waals surface area contributed by atoms with Gasteiger partial charge in [-0.3, -0.25) is 24.6 Å². The van der Waals surface area contributed by atoms with Gasteiger partial charge in [-0.15, -0.1) is 0 Å². The maximum Gasteiger partial charge on any atom is 0.255 e. The fourth-order valence-electron chi connectivity index (χ4n) is 5.13. The predicted molar refractivity (Wildman–Crippen MR) is 102 cm³/mol. The van der Waals surface area contributed by atoms with E-state index in [4.69, 9.17) is 5.73 Å². The van der Waals surface area contributed by atoms with E-state index in [2.05, 4.69) is 16.3 Å². The van der Waals surface area contributed by atoms with Crippen molar-refractivity contribution in [2.45, 2.75) is 50.9 Å². The van der Waals surface area contributed by atoms with E-state index in [0.29, 0.717) is 24.4 Å². The zero-order valence-corrected chi connectivity index (χ0v) is 15.9. The van der Waals surface area contributed by atoms with E-state index in [0.717, 1.165) is 36.7 Å². The average molecular weight is 382 g/mol. The first-order valence-corrected chi connectivity index (χ1v) is 10.2. The lowest BCUT2D eigenvalue weighted by molar-refractivity contribution is -0.136. The molecule has 1 unspecified atom stereocenters. The molecule has 5 rings (SSSR count). The number of nitrogens with zero attached hydrogens (tertiary/aromatic N) is 2. The zero-order chi connectivity index (χ0) is 19.4. The van der Waals surface area contributed by atoms with Gasteiger partial charge in [0.2, 0.25) is 11.8 Å². The lowest BCUT2D eigenvalue weighted by Gasteiger charge is -2.29. The minimum absolute atomic E-state index is 0.111. The number of carbonyl (C=O) groups is 3. The Hall–Kier alpha value is -2.25. The minimum atomic E-state index is -0.565. The molecule has 7 nitrogen and oxygen atoms in total. The highest BCUT2D eigenvalue weighted by Gasteiger charge is 2.42. The molecule has 28 heavy (non-hydrogen) atoms. The van der Waals surface area contributed by atoms with E-state index in [1.165, 1.54) is 12.8 Å². The molecule has 4 aliphatic rings. The van der Waals surface area contributed by atoms with E-state index >= 15 is 0 Å². The second-order valence-electron chi connectivity index (χ2n) is 8.70. The molecule has 3 fully saturated rings. The van der Waals surface area contributed by atoms with E-state index in [-0.39, 0.29) is 30.2 Å². The van der Waals surface area contributed by atoms with Crippen LogP contribution in [-0.4, -0.2) is 52.7 Å². The fourth-order valence-corrected chi connectivity index (χ4v) is 5.13. The lowest BCUT2D eigenvalue weighted by atomic mass is 9.99. The summed E-state index contributed by atoms with van der Waals surface area (Å²) in [6, 6.07) is 5.52. The van der Waals surface area contributed by atoms with Crippen LogP contribution < -0.4 is 11.1 Å². The van der Waals surface area contributed by atoms with Gasteiger partial charge in [-0.2, -0.15) is 0 Å². The summed E-state index contributed by atoms with van der Waals surface area (Å²) in [5.74, 6) is 0.656. The third kappa shape index (κ3) is 3.02. The van der Waals surface area contributed by atoms with Crippen molar-refractivity contribution >= 4 is 17.7 Å². The Morgan fingerprint density at radius 2 is 1.93 bits per heavy atom. The van der Waals surface area contributed by atoms with Gasteiger partial charge in [-0.25, -0.2) is 0 Å². The van der Waals surface area contributed by atoms with Gasteiger partial charge in [0, 0.05) is 44.2 Å². The number of likely N-dealkylation sites (tertiary alicyclic amines) is 1. The number of nitrogens with one attached hydrogen (secondary N) is 1. The topological polar surface area (TPSA) is 95.7 Å². The summed E-state index contributed by atoms with van der Waals surface area (Å²) in [4.78, 5) is 40.7. The fraction of sp³-hybridized carbons (Fsp3) is 0.571. The van der Waals surface area contributed by atoms with Crippen LogP contribution in [0.25, 0.3) is 0 Å². The molecule has 0 radical (unpaired) electrons. The van der Waals surface area contributed by atoms with Gasteiger partial charge >= 0.3 is 0 Å². The quantitative estimate of drug-likeness (QED) is 0.744. The van der Waals surface area contributed by atoms with Crippen molar-refractivity contribution < 1.29 is 14.4 Å².